The van der Waals surface area contributed by atoms with Crippen LogP contribution < -0.4 is 34.7 Å². The van der Waals surface area contributed by atoms with Gasteiger partial charge in [-0.25, -0.2) is 0 Å². The third-order valence-corrected chi connectivity index (χ3v) is 18.9. The fourth-order valence-electron chi connectivity index (χ4n) is 3.75. The van der Waals surface area contributed by atoms with E-state index in [9.17, 15) is 0 Å². The Balaban J connectivity index is 0.000000469. The minimum atomic E-state index is -3.31. The first-order valence-corrected chi connectivity index (χ1v) is 16.5. The maximum absolute atomic E-state index is 8.93. The zero-order valence-corrected chi connectivity index (χ0v) is 25.5. The molecule has 0 aliphatic rings. The Morgan fingerprint density at radius 1 is 0.368 bits per heavy atom. The molecule has 4 rings (SSSR count). The molecule has 0 aliphatic heterocycles. The molecule has 4 aromatic rings. The van der Waals surface area contributed by atoms with Gasteiger partial charge >= 0.3 is 178 Å². The Bertz CT molecular complexity index is 1100. The number of aliphatic carboxylic acids is 4. The average molecular weight is 722 g/mol. The predicted octanol–water partition coefficient (Wildman–Crippen LogP) is -4.34. The summed E-state index contributed by atoms with van der Waals surface area (Å²) in [5, 5.41) is 35.7. The Labute approximate surface area is 240 Å². The van der Waals surface area contributed by atoms with Crippen LogP contribution in [0.4, 0.5) is 0 Å². The topological polar surface area (TPSA) is 161 Å². The molecular weight excluding hydrogens is 702 g/mol. The summed E-state index contributed by atoms with van der Waals surface area (Å²) in [5.74, 6) is -8.74. The molecule has 0 heterocycles. The van der Waals surface area contributed by atoms with E-state index in [4.69, 9.17) is 39.6 Å². The summed E-state index contributed by atoms with van der Waals surface area (Å²) in [6.45, 7) is 0. The average Bonchev–Trinajstić information content (AvgIpc) is 2.92. The summed E-state index contributed by atoms with van der Waals surface area (Å²) in [4.78, 5) is 35.7. The Morgan fingerprint density at radius 2 is 0.526 bits per heavy atom. The van der Waals surface area contributed by atoms with Crippen molar-refractivity contribution >= 4 is 80.5 Å². The number of hydrogen-bond donors (Lipinski definition) is 0. The summed E-state index contributed by atoms with van der Waals surface area (Å²) in [5.41, 5.74) is 0. The molecule has 0 bridgehead atoms. The fourth-order valence-corrected chi connectivity index (χ4v) is 17.4. The molecule has 0 saturated heterocycles. The Kier molecular flexibility index (Phi) is 13.9. The zero-order chi connectivity index (χ0) is 27.3. The van der Waals surface area contributed by atoms with E-state index < -0.39 is 42.3 Å². The molecule has 0 fully saturated rings. The van der Waals surface area contributed by atoms with Crippen LogP contribution >= 0.6 is 0 Å². The van der Waals surface area contributed by atoms with Crippen LogP contribution in [0.1, 0.15) is 0 Å². The van der Waals surface area contributed by atoms with E-state index in [0.29, 0.717) is 0 Å². The van der Waals surface area contributed by atoms with E-state index in [1.807, 2.05) is 0 Å². The van der Waals surface area contributed by atoms with Crippen LogP contribution in [0, 0.1) is 0 Å². The van der Waals surface area contributed by atoms with Crippen LogP contribution in [0.2, 0.25) is 0 Å². The number of benzene rings is 4. The summed E-state index contributed by atoms with van der Waals surface area (Å²) in [6, 6.07) is 44.4. The van der Waals surface area contributed by atoms with Crippen LogP contribution in [-0.4, -0.2) is 66.2 Å². The van der Waals surface area contributed by atoms with Crippen molar-refractivity contribution in [2.75, 3.05) is 0 Å². The molecule has 0 aromatic heterocycles. The van der Waals surface area contributed by atoms with Crippen molar-refractivity contribution in [1.82, 2.24) is 0 Å². The summed E-state index contributed by atoms with van der Waals surface area (Å²) >= 11 is -3.31. The SMILES string of the molecule is O=C([O-])C(=O)[O-].O=C([O-])C(=O)[O-].[Sn+4].c1cc[c]([Sn]([c]2ccccc2)([c]2ccccc2)[c]2ccccc2)cc1. The normalized spacial score (nSPS) is 9.68. The van der Waals surface area contributed by atoms with Crippen molar-refractivity contribution in [3.8, 4) is 0 Å². The molecule has 4 aromatic carbocycles. The molecule has 38 heavy (non-hydrogen) atoms. The van der Waals surface area contributed by atoms with Gasteiger partial charge in [-0.15, -0.1) is 0 Å². The van der Waals surface area contributed by atoms with Crippen molar-refractivity contribution in [1.29, 1.82) is 0 Å². The van der Waals surface area contributed by atoms with Crippen LogP contribution in [0.25, 0.3) is 0 Å². The quantitative estimate of drug-likeness (QED) is 0.151. The third kappa shape index (κ3) is 8.73. The number of carbonyl (C=O) groups excluding carboxylic acids is 4. The molecule has 188 valence electrons. The summed E-state index contributed by atoms with van der Waals surface area (Å²) < 4.78 is 5.95. The second kappa shape index (κ2) is 16.3. The van der Waals surface area contributed by atoms with Gasteiger partial charge in [-0.3, -0.25) is 0 Å². The van der Waals surface area contributed by atoms with Crippen molar-refractivity contribution in [3.63, 3.8) is 0 Å². The maximum atomic E-state index is 8.93. The Morgan fingerprint density at radius 3 is 0.658 bits per heavy atom. The molecule has 10 heteroatoms. The molecule has 0 atom stereocenters. The van der Waals surface area contributed by atoms with Gasteiger partial charge in [0.1, 0.15) is 0 Å². The molecule has 0 saturated carbocycles. The van der Waals surface area contributed by atoms with Gasteiger partial charge in [0.05, 0.1) is 23.9 Å². The second-order valence-corrected chi connectivity index (χ2v) is 18.2. The van der Waals surface area contributed by atoms with E-state index in [0.717, 1.165) is 0 Å². The van der Waals surface area contributed by atoms with E-state index in [1.165, 1.54) is 14.3 Å². The number of carboxylic acids is 4. The number of carboxylic acid groups (broad SMARTS) is 4. The van der Waals surface area contributed by atoms with Gasteiger partial charge < -0.3 is 39.6 Å². The molecule has 0 N–H and O–H groups in total. The summed E-state index contributed by atoms with van der Waals surface area (Å²) in [7, 11) is 0. The Hall–Kier alpha value is -3.64. The zero-order valence-electron chi connectivity index (χ0n) is 19.8. The molecule has 8 nitrogen and oxygen atoms in total. The molecular formula is C28H20O8Sn2. The number of rotatable bonds is 4. The van der Waals surface area contributed by atoms with E-state index in [-0.39, 0.29) is 23.9 Å². The van der Waals surface area contributed by atoms with Gasteiger partial charge in [0, 0.05) is 0 Å². The monoisotopic (exact) mass is 724 g/mol. The van der Waals surface area contributed by atoms with Crippen molar-refractivity contribution in [3.05, 3.63) is 121 Å². The molecule has 0 spiro atoms. The van der Waals surface area contributed by atoms with Crippen LogP contribution in [-0.2, 0) is 19.2 Å². The minimum absolute atomic E-state index is 0. The third-order valence-electron chi connectivity index (χ3n) is 5.16. The molecule has 0 amide bonds. The van der Waals surface area contributed by atoms with Gasteiger partial charge in [-0.1, -0.05) is 0 Å². The van der Waals surface area contributed by atoms with Gasteiger partial charge in [-0.05, 0) is 0 Å². The van der Waals surface area contributed by atoms with Gasteiger partial charge in [0.15, 0.2) is 0 Å². The van der Waals surface area contributed by atoms with Crippen LogP contribution in [0.5, 0.6) is 0 Å². The van der Waals surface area contributed by atoms with Gasteiger partial charge in [-0.2, -0.15) is 0 Å². The van der Waals surface area contributed by atoms with Crippen LogP contribution in [0.15, 0.2) is 121 Å². The van der Waals surface area contributed by atoms with Crippen LogP contribution in [0.3, 0.4) is 0 Å². The van der Waals surface area contributed by atoms with Gasteiger partial charge in [0.2, 0.25) is 0 Å². The first-order valence-electron chi connectivity index (χ1n) is 10.8. The second-order valence-electron chi connectivity index (χ2n) is 7.36. The van der Waals surface area contributed by atoms with Gasteiger partial charge in [0.25, 0.3) is 0 Å². The van der Waals surface area contributed by atoms with Crippen molar-refractivity contribution in [2.45, 2.75) is 0 Å². The summed E-state index contributed by atoms with van der Waals surface area (Å²) in [6.07, 6.45) is 0. The number of hydrogen-bond acceptors (Lipinski definition) is 8. The van der Waals surface area contributed by atoms with E-state index in [1.54, 1.807) is 0 Å². The van der Waals surface area contributed by atoms with E-state index in [2.05, 4.69) is 121 Å². The molecule has 0 unspecified atom stereocenters. The standard InChI is InChI=1S/4C6H5.2C2H2O4.2Sn/c4*1-2-4-6-5-3-1;2*3-1(4)2(5)6;;/h4*1-5H;2*(H,3,4)(H,5,6);;/q;;;;;;;+4/p-4. The molecule has 0 radical (unpaired) electrons. The fraction of sp³-hybridized carbons (Fsp3) is 0. The molecule has 0 aliphatic carbocycles. The first-order chi connectivity index (χ1) is 17.7. The van der Waals surface area contributed by atoms with Crippen molar-refractivity contribution in [2.24, 2.45) is 0 Å². The predicted molar refractivity (Wildman–Crippen MR) is 136 cm³/mol. The number of carbonyl (C=O) groups is 4. The first kappa shape index (κ1) is 32.4. The van der Waals surface area contributed by atoms with Crippen molar-refractivity contribution < 1.29 is 39.6 Å². The van der Waals surface area contributed by atoms with E-state index >= 15 is 0 Å².